The van der Waals surface area contributed by atoms with Crippen LogP contribution in [-0.2, 0) is 11.2 Å². The summed E-state index contributed by atoms with van der Waals surface area (Å²) in [6.07, 6.45) is 2.84. The molecular formula is C26H22O2. The third-order valence-corrected chi connectivity index (χ3v) is 5.53. The fraction of sp³-hybridized carbons (Fsp3) is 0.154. The Balaban J connectivity index is 1.35. The highest BCUT2D eigenvalue weighted by Gasteiger charge is 2.27. The average Bonchev–Trinajstić information content (AvgIpc) is 3.12. The number of fused-ring (bicyclic) bond motifs is 2. The molecule has 0 amide bonds. The SMILES string of the molecule is C=Cc1ccc(OCCOC2Cc3cccc4cc5ccccc5c2c34)cc1. The second kappa shape index (κ2) is 7.14. The van der Waals surface area contributed by atoms with Crippen molar-refractivity contribution in [1.29, 1.82) is 0 Å². The van der Waals surface area contributed by atoms with E-state index in [4.69, 9.17) is 9.47 Å². The lowest BCUT2D eigenvalue weighted by Gasteiger charge is -2.16. The molecule has 1 aliphatic rings. The van der Waals surface area contributed by atoms with Crippen molar-refractivity contribution in [2.75, 3.05) is 13.2 Å². The van der Waals surface area contributed by atoms with Gasteiger partial charge in [-0.3, -0.25) is 0 Å². The lowest BCUT2D eigenvalue weighted by atomic mass is 9.97. The first-order valence-corrected chi connectivity index (χ1v) is 9.73. The zero-order chi connectivity index (χ0) is 18.9. The second-order valence-electron chi connectivity index (χ2n) is 7.21. The normalized spacial score (nSPS) is 15.2. The van der Waals surface area contributed by atoms with Gasteiger partial charge in [0.2, 0.25) is 0 Å². The Morgan fingerprint density at radius 1 is 0.893 bits per heavy atom. The van der Waals surface area contributed by atoms with Gasteiger partial charge in [0, 0.05) is 6.42 Å². The molecule has 1 unspecified atom stereocenters. The molecule has 0 heterocycles. The van der Waals surface area contributed by atoms with Gasteiger partial charge in [0.15, 0.2) is 0 Å². The van der Waals surface area contributed by atoms with Gasteiger partial charge in [-0.05, 0) is 56.4 Å². The lowest BCUT2D eigenvalue weighted by molar-refractivity contribution is 0.0374. The van der Waals surface area contributed by atoms with Crippen molar-refractivity contribution in [3.63, 3.8) is 0 Å². The molecule has 28 heavy (non-hydrogen) atoms. The Kier molecular flexibility index (Phi) is 4.34. The molecule has 5 rings (SSSR count). The Morgan fingerprint density at radius 3 is 2.57 bits per heavy atom. The van der Waals surface area contributed by atoms with Gasteiger partial charge in [0.25, 0.3) is 0 Å². The first-order valence-electron chi connectivity index (χ1n) is 9.73. The van der Waals surface area contributed by atoms with Gasteiger partial charge < -0.3 is 9.47 Å². The summed E-state index contributed by atoms with van der Waals surface area (Å²) in [5.74, 6) is 0.858. The van der Waals surface area contributed by atoms with E-state index in [2.05, 4.69) is 55.1 Å². The summed E-state index contributed by atoms with van der Waals surface area (Å²) in [4.78, 5) is 0. The van der Waals surface area contributed by atoms with Crippen molar-refractivity contribution in [2.24, 2.45) is 0 Å². The number of benzene rings is 4. The molecule has 0 aromatic heterocycles. The molecule has 138 valence electrons. The van der Waals surface area contributed by atoms with E-state index in [1.165, 1.54) is 32.7 Å². The molecular weight excluding hydrogens is 344 g/mol. The predicted molar refractivity (Wildman–Crippen MR) is 116 cm³/mol. The average molecular weight is 366 g/mol. The molecule has 1 aliphatic carbocycles. The molecule has 4 aromatic rings. The zero-order valence-corrected chi connectivity index (χ0v) is 15.7. The first kappa shape index (κ1) is 17.0. The topological polar surface area (TPSA) is 18.5 Å². The van der Waals surface area contributed by atoms with Crippen molar-refractivity contribution in [3.05, 3.63) is 96.1 Å². The standard InChI is InChI=1S/C26H22O2/c1-2-18-10-12-22(13-11-18)27-14-15-28-24-17-21-8-5-7-20-16-19-6-3-4-9-23(19)26(24)25(20)21/h2-13,16,24H,1,14-15,17H2. The summed E-state index contributed by atoms with van der Waals surface area (Å²) in [5.41, 5.74) is 3.80. The summed E-state index contributed by atoms with van der Waals surface area (Å²) in [5, 5.41) is 5.24. The van der Waals surface area contributed by atoms with Crippen LogP contribution >= 0.6 is 0 Å². The molecule has 0 N–H and O–H groups in total. The third-order valence-electron chi connectivity index (χ3n) is 5.53. The molecule has 0 aliphatic heterocycles. The van der Waals surface area contributed by atoms with Gasteiger partial charge in [-0.1, -0.05) is 67.3 Å². The van der Waals surface area contributed by atoms with Crippen LogP contribution in [0, 0.1) is 0 Å². The molecule has 0 spiro atoms. The van der Waals surface area contributed by atoms with E-state index in [0.717, 1.165) is 17.7 Å². The summed E-state index contributed by atoms with van der Waals surface area (Å²) in [6, 6.07) is 25.4. The van der Waals surface area contributed by atoms with Crippen molar-refractivity contribution in [3.8, 4) is 5.75 Å². The third kappa shape index (κ3) is 2.96. The maximum absolute atomic E-state index is 6.31. The summed E-state index contributed by atoms with van der Waals surface area (Å²) in [7, 11) is 0. The molecule has 0 saturated heterocycles. The van der Waals surface area contributed by atoms with E-state index >= 15 is 0 Å². The molecule has 0 saturated carbocycles. The summed E-state index contributed by atoms with van der Waals surface area (Å²) < 4.78 is 12.2. The molecule has 0 bridgehead atoms. The smallest absolute Gasteiger partial charge is 0.119 e. The van der Waals surface area contributed by atoms with E-state index in [1.807, 2.05) is 30.3 Å². The van der Waals surface area contributed by atoms with Gasteiger partial charge in [0.1, 0.15) is 12.4 Å². The predicted octanol–water partition coefficient (Wildman–Crippen LogP) is 6.33. The van der Waals surface area contributed by atoms with Crippen LogP contribution in [-0.4, -0.2) is 13.2 Å². The van der Waals surface area contributed by atoms with Crippen molar-refractivity contribution < 1.29 is 9.47 Å². The van der Waals surface area contributed by atoms with E-state index in [0.29, 0.717) is 13.2 Å². The number of rotatable bonds is 6. The fourth-order valence-corrected chi connectivity index (χ4v) is 4.24. The van der Waals surface area contributed by atoms with Gasteiger partial charge in [0.05, 0.1) is 12.7 Å². The number of hydrogen-bond acceptors (Lipinski definition) is 2. The van der Waals surface area contributed by atoms with E-state index < -0.39 is 0 Å². The van der Waals surface area contributed by atoms with Gasteiger partial charge in [-0.25, -0.2) is 0 Å². The van der Waals surface area contributed by atoms with Crippen LogP contribution in [0.2, 0.25) is 0 Å². The fourth-order valence-electron chi connectivity index (χ4n) is 4.24. The minimum atomic E-state index is 0.0812. The molecule has 0 radical (unpaired) electrons. The second-order valence-corrected chi connectivity index (χ2v) is 7.21. The molecule has 4 aromatic carbocycles. The van der Waals surface area contributed by atoms with Crippen LogP contribution in [0.1, 0.15) is 22.8 Å². The minimum Gasteiger partial charge on any atom is -0.491 e. The van der Waals surface area contributed by atoms with Crippen molar-refractivity contribution in [2.45, 2.75) is 12.5 Å². The number of ether oxygens (including phenoxy) is 2. The van der Waals surface area contributed by atoms with Crippen LogP contribution in [0.4, 0.5) is 0 Å². The number of hydrogen-bond donors (Lipinski definition) is 0. The summed E-state index contributed by atoms with van der Waals surface area (Å²) in [6.45, 7) is 4.87. The Labute approximate surface area is 165 Å². The molecule has 1 atom stereocenters. The molecule has 2 heteroatoms. The maximum Gasteiger partial charge on any atom is 0.119 e. The van der Waals surface area contributed by atoms with Gasteiger partial charge in [-0.2, -0.15) is 0 Å². The van der Waals surface area contributed by atoms with E-state index in [1.54, 1.807) is 0 Å². The maximum atomic E-state index is 6.31. The quantitative estimate of drug-likeness (QED) is 0.293. The Bertz CT molecular complexity index is 1160. The van der Waals surface area contributed by atoms with E-state index in [-0.39, 0.29) is 6.10 Å². The zero-order valence-electron chi connectivity index (χ0n) is 15.7. The van der Waals surface area contributed by atoms with Crippen LogP contribution in [0.15, 0.2) is 79.4 Å². The first-order chi connectivity index (χ1) is 13.8. The van der Waals surface area contributed by atoms with Crippen molar-refractivity contribution >= 4 is 27.6 Å². The highest BCUT2D eigenvalue weighted by atomic mass is 16.5. The monoisotopic (exact) mass is 366 g/mol. The summed E-state index contributed by atoms with van der Waals surface area (Å²) >= 11 is 0. The highest BCUT2D eigenvalue weighted by Crippen LogP contribution is 2.43. The van der Waals surface area contributed by atoms with E-state index in [9.17, 15) is 0 Å². The van der Waals surface area contributed by atoms with Crippen LogP contribution in [0.25, 0.3) is 27.6 Å². The van der Waals surface area contributed by atoms with Crippen LogP contribution in [0.5, 0.6) is 5.75 Å². The minimum absolute atomic E-state index is 0.0812. The Hall–Kier alpha value is -3.10. The van der Waals surface area contributed by atoms with Gasteiger partial charge >= 0.3 is 0 Å². The highest BCUT2D eigenvalue weighted by molar-refractivity contribution is 6.05. The molecule has 2 nitrogen and oxygen atoms in total. The molecule has 0 fully saturated rings. The van der Waals surface area contributed by atoms with Crippen LogP contribution in [0.3, 0.4) is 0 Å². The van der Waals surface area contributed by atoms with Crippen LogP contribution < -0.4 is 4.74 Å². The largest absolute Gasteiger partial charge is 0.491 e. The Morgan fingerprint density at radius 2 is 1.71 bits per heavy atom. The van der Waals surface area contributed by atoms with Gasteiger partial charge in [-0.15, -0.1) is 0 Å². The van der Waals surface area contributed by atoms with Crippen molar-refractivity contribution in [1.82, 2.24) is 0 Å². The lowest BCUT2D eigenvalue weighted by Crippen LogP contribution is -2.11.